The Balaban J connectivity index is 2.70. The van der Waals surface area contributed by atoms with Crippen LogP contribution in [0.4, 0.5) is 11.4 Å². The highest BCUT2D eigenvalue weighted by molar-refractivity contribution is 5.54. The van der Waals surface area contributed by atoms with Gasteiger partial charge >= 0.3 is 0 Å². The number of rotatable bonds is 3. The van der Waals surface area contributed by atoms with E-state index < -0.39 is 6.23 Å². The highest BCUT2D eigenvalue weighted by atomic mass is 16.3. The molecule has 1 aromatic rings. The maximum atomic E-state index is 9.06. The summed E-state index contributed by atoms with van der Waals surface area (Å²) < 4.78 is 0. The second-order valence-corrected chi connectivity index (χ2v) is 3.26. The summed E-state index contributed by atoms with van der Waals surface area (Å²) in [5.41, 5.74) is 2.08. The van der Waals surface area contributed by atoms with Crippen molar-refractivity contribution in [2.24, 2.45) is 0 Å². The monoisotopic (exact) mass is 180 g/mol. The largest absolute Gasteiger partial charge is 0.378 e. The topological polar surface area (TPSA) is 35.5 Å². The van der Waals surface area contributed by atoms with Gasteiger partial charge in [0.25, 0.3) is 0 Å². The van der Waals surface area contributed by atoms with Crippen molar-refractivity contribution in [2.75, 3.05) is 24.3 Å². The Morgan fingerprint density at radius 1 is 1.23 bits per heavy atom. The van der Waals surface area contributed by atoms with Crippen LogP contribution in [0.5, 0.6) is 0 Å². The fraction of sp³-hybridized carbons (Fsp3) is 0.400. The minimum atomic E-state index is -0.509. The van der Waals surface area contributed by atoms with Gasteiger partial charge in [-0.15, -0.1) is 0 Å². The molecule has 0 aromatic heterocycles. The van der Waals surface area contributed by atoms with Crippen molar-refractivity contribution in [3.05, 3.63) is 24.3 Å². The summed E-state index contributed by atoms with van der Waals surface area (Å²) in [7, 11) is 3.99. The average Bonchev–Trinajstić information content (AvgIpc) is 2.04. The SMILES string of the molecule is CC(O)Nc1ccc(N(C)C)cc1. The number of nitrogens with zero attached hydrogens (tertiary/aromatic N) is 1. The summed E-state index contributed by atoms with van der Waals surface area (Å²) >= 11 is 0. The molecule has 0 aliphatic carbocycles. The summed E-state index contributed by atoms with van der Waals surface area (Å²) in [6, 6.07) is 7.90. The van der Waals surface area contributed by atoms with E-state index in [-0.39, 0.29) is 0 Å². The summed E-state index contributed by atoms with van der Waals surface area (Å²) in [6.07, 6.45) is -0.509. The molecule has 72 valence electrons. The van der Waals surface area contributed by atoms with Crippen LogP contribution in [0.3, 0.4) is 0 Å². The molecule has 3 nitrogen and oxygen atoms in total. The van der Waals surface area contributed by atoms with Gasteiger partial charge in [-0.25, -0.2) is 0 Å². The van der Waals surface area contributed by atoms with Crippen LogP contribution in [-0.4, -0.2) is 25.4 Å². The van der Waals surface area contributed by atoms with E-state index in [1.807, 2.05) is 43.3 Å². The van der Waals surface area contributed by atoms with Gasteiger partial charge in [-0.3, -0.25) is 0 Å². The first kappa shape index (κ1) is 9.86. The number of benzene rings is 1. The Labute approximate surface area is 79.0 Å². The van der Waals surface area contributed by atoms with Gasteiger partial charge in [-0.05, 0) is 31.2 Å². The van der Waals surface area contributed by atoms with Gasteiger partial charge in [-0.2, -0.15) is 0 Å². The smallest absolute Gasteiger partial charge is 0.121 e. The average molecular weight is 180 g/mol. The molecule has 13 heavy (non-hydrogen) atoms. The van der Waals surface area contributed by atoms with Crippen LogP contribution in [0.2, 0.25) is 0 Å². The Morgan fingerprint density at radius 2 is 1.77 bits per heavy atom. The van der Waals surface area contributed by atoms with Crippen LogP contribution in [0.1, 0.15) is 6.92 Å². The van der Waals surface area contributed by atoms with Crippen LogP contribution < -0.4 is 10.2 Å². The number of aliphatic hydroxyl groups is 1. The van der Waals surface area contributed by atoms with Crippen LogP contribution in [0, 0.1) is 0 Å². The standard InChI is InChI=1S/C10H16N2O/c1-8(13)11-9-4-6-10(7-5-9)12(2)3/h4-8,11,13H,1-3H3. The molecule has 1 rings (SSSR count). The van der Waals surface area contributed by atoms with Gasteiger partial charge in [0.1, 0.15) is 6.23 Å². The van der Waals surface area contributed by atoms with Gasteiger partial charge in [0.05, 0.1) is 0 Å². The number of aliphatic hydroxyl groups excluding tert-OH is 1. The molecule has 0 aliphatic heterocycles. The second-order valence-electron chi connectivity index (χ2n) is 3.26. The van der Waals surface area contributed by atoms with Crippen LogP contribution in [-0.2, 0) is 0 Å². The predicted molar refractivity (Wildman–Crippen MR) is 56.1 cm³/mol. The molecule has 0 fully saturated rings. The molecule has 0 saturated carbocycles. The zero-order chi connectivity index (χ0) is 9.84. The number of anilines is 2. The van der Waals surface area contributed by atoms with Crippen LogP contribution >= 0.6 is 0 Å². The lowest BCUT2D eigenvalue weighted by atomic mass is 10.2. The quantitative estimate of drug-likeness (QED) is 0.692. The fourth-order valence-electron chi connectivity index (χ4n) is 1.10. The van der Waals surface area contributed by atoms with E-state index in [0.717, 1.165) is 11.4 Å². The maximum absolute atomic E-state index is 9.06. The van der Waals surface area contributed by atoms with E-state index in [2.05, 4.69) is 5.32 Å². The van der Waals surface area contributed by atoms with E-state index in [0.29, 0.717) is 0 Å². The summed E-state index contributed by atoms with van der Waals surface area (Å²) in [5.74, 6) is 0. The van der Waals surface area contributed by atoms with E-state index in [4.69, 9.17) is 5.11 Å². The Kier molecular flexibility index (Phi) is 3.14. The van der Waals surface area contributed by atoms with Gasteiger partial charge in [0.15, 0.2) is 0 Å². The molecule has 1 unspecified atom stereocenters. The maximum Gasteiger partial charge on any atom is 0.121 e. The minimum Gasteiger partial charge on any atom is -0.378 e. The number of nitrogens with one attached hydrogen (secondary N) is 1. The first-order chi connectivity index (χ1) is 6.09. The second kappa shape index (κ2) is 4.14. The molecule has 2 N–H and O–H groups in total. The van der Waals surface area contributed by atoms with Gasteiger partial charge in [-0.1, -0.05) is 0 Å². The molecule has 0 saturated heterocycles. The van der Waals surface area contributed by atoms with Crippen molar-refractivity contribution in [1.82, 2.24) is 0 Å². The van der Waals surface area contributed by atoms with Crippen molar-refractivity contribution in [3.63, 3.8) is 0 Å². The molecule has 0 aliphatic rings. The van der Waals surface area contributed by atoms with Crippen LogP contribution in [0.25, 0.3) is 0 Å². The van der Waals surface area contributed by atoms with Crippen LogP contribution in [0.15, 0.2) is 24.3 Å². The molecule has 3 heteroatoms. The molecule has 1 atom stereocenters. The molecule has 1 aromatic carbocycles. The summed E-state index contributed by atoms with van der Waals surface area (Å²) in [4.78, 5) is 2.03. The van der Waals surface area contributed by atoms with E-state index in [1.165, 1.54) is 0 Å². The van der Waals surface area contributed by atoms with Crippen molar-refractivity contribution >= 4 is 11.4 Å². The lowest BCUT2D eigenvalue weighted by Crippen LogP contribution is -2.13. The van der Waals surface area contributed by atoms with Crippen molar-refractivity contribution in [2.45, 2.75) is 13.2 Å². The third kappa shape index (κ3) is 2.95. The predicted octanol–water partition coefficient (Wildman–Crippen LogP) is 1.50. The molecular formula is C10H16N2O. The number of hydrogen-bond acceptors (Lipinski definition) is 3. The Morgan fingerprint density at radius 3 is 2.15 bits per heavy atom. The normalized spacial score (nSPS) is 12.3. The highest BCUT2D eigenvalue weighted by Crippen LogP contribution is 2.15. The number of hydrogen-bond donors (Lipinski definition) is 2. The van der Waals surface area contributed by atoms with E-state index in [9.17, 15) is 0 Å². The third-order valence-electron chi connectivity index (χ3n) is 1.76. The fourth-order valence-corrected chi connectivity index (χ4v) is 1.10. The van der Waals surface area contributed by atoms with Crippen molar-refractivity contribution < 1.29 is 5.11 Å². The molecule has 0 bridgehead atoms. The van der Waals surface area contributed by atoms with E-state index >= 15 is 0 Å². The van der Waals surface area contributed by atoms with Crippen molar-refractivity contribution in [3.8, 4) is 0 Å². The first-order valence-electron chi connectivity index (χ1n) is 4.31. The highest BCUT2D eigenvalue weighted by Gasteiger charge is 1.97. The molecule has 0 amide bonds. The van der Waals surface area contributed by atoms with Crippen molar-refractivity contribution in [1.29, 1.82) is 0 Å². The zero-order valence-corrected chi connectivity index (χ0v) is 8.28. The zero-order valence-electron chi connectivity index (χ0n) is 8.28. The van der Waals surface area contributed by atoms with E-state index in [1.54, 1.807) is 6.92 Å². The minimum absolute atomic E-state index is 0.509. The lowest BCUT2D eigenvalue weighted by Gasteiger charge is -2.14. The third-order valence-corrected chi connectivity index (χ3v) is 1.76. The summed E-state index contributed by atoms with van der Waals surface area (Å²) in [6.45, 7) is 1.69. The molecule has 0 heterocycles. The molecule has 0 spiro atoms. The summed E-state index contributed by atoms with van der Waals surface area (Å²) in [5, 5.41) is 12.0. The van der Waals surface area contributed by atoms with Gasteiger partial charge in [0.2, 0.25) is 0 Å². The first-order valence-corrected chi connectivity index (χ1v) is 4.31. The molecular weight excluding hydrogens is 164 g/mol. The Bertz CT molecular complexity index is 254. The lowest BCUT2D eigenvalue weighted by molar-refractivity contribution is 0.224. The van der Waals surface area contributed by atoms with Gasteiger partial charge < -0.3 is 15.3 Å². The van der Waals surface area contributed by atoms with Gasteiger partial charge in [0, 0.05) is 25.5 Å². The Hall–Kier alpha value is -1.22. The molecule has 0 radical (unpaired) electrons.